The Balaban J connectivity index is 0.919. The molecule has 6 saturated heterocycles. The highest BCUT2D eigenvalue weighted by molar-refractivity contribution is 5.78. The summed E-state index contributed by atoms with van der Waals surface area (Å²) >= 11 is 0. The maximum absolute atomic E-state index is 12.2. The molecule has 0 saturated carbocycles. The van der Waals surface area contributed by atoms with Crippen LogP contribution in [0.1, 0.15) is 125 Å². The second-order valence-corrected chi connectivity index (χ2v) is 19.1. The molecular formula is C45H70O13. The van der Waals surface area contributed by atoms with Crippen LogP contribution in [-0.4, -0.2) is 124 Å². The molecule has 3 spiro atoms. The van der Waals surface area contributed by atoms with E-state index in [1.54, 1.807) is 0 Å². The van der Waals surface area contributed by atoms with Crippen LogP contribution in [-0.2, 0) is 42.7 Å². The third kappa shape index (κ3) is 9.21. The van der Waals surface area contributed by atoms with Gasteiger partial charge in [-0.3, -0.25) is 0 Å². The lowest BCUT2D eigenvalue weighted by molar-refractivity contribution is -0.321. The standard InChI is InChI=1S/C45H70O13/c1-26-22-35(56-45(24-26)36(47)13-12-32(55-45)25-42(6,50)41(49)51-7)27(2)10-11-31-15-19-44(54-31)20-16-34-40(58-44)37(48)30(5)39(53-34)33(46)23-29(4)38-28(3)14-18-43(57-38)17-8-9-21-52-43/h10-11,24,27-29,31-40,46-48,50H,5,8-9,12-23,25H2,1-4,6-7H3/b11-10+/t27-,28-,29+,31-,32+,33+,34?,35+,36-,37-,38?,39+,40?,42-,43+,44+,45-/m1/s1. The van der Waals surface area contributed by atoms with Crippen molar-refractivity contribution in [3.05, 3.63) is 36.0 Å². The third-order valence-electron chi connectivity index (χ3n) is 14.2. The van der Waals surface area contributed by atoms with Crippen molar-refractivity contribution >= 4 is 5.97 Å². The molecule has 7 aliphatic rings. The van der Waals surface area contributed by atoms with E-state index in [0.29, 0.717) is 56.4 Å². The Morgan fingerprint density at radius 3 is 2.52 bits per heavy atom. The van der Waals surface area contributed by atoms with Gasteiger partial charge in [-0.25, -0.2) is 4.79 Å². The van der Waals surface area contributed by atoms with E-state index in [2.05, 4.69) is 33.4 Å². The smallest absolute Gasteiger partial charge is 0.337 e. The van der Waals surface area contributed by atoms with Gasteiger partial charge < -0.3 is 58.3 Å². The molecule has 328 valence electrons. The van der Waals surface area contributed by atoms with Crippen molar-refractivity contribution in [3.8, 4) is 0 Å². The number of aliphatic hydroxyl groups is 4. The highest BCUT2D eigenvalue weighted by Gasteiger charge is 2.55. The summed E-state index contributed by atoms with van der Waals surface area (Å²) < 4.78 is 50.2. The molecule has 58 heavy (non-hydrogen) atoms. The van der Waals surface area contributed by atoms with Crippen LogP contribution in [0.3, 0.4) is 0 Å². The zero-order chi connectivity index (χ0) is 41.6. The van der Waals surface area contributed by atoms with Gasteiger partial charge in [-0.1, -0.05) is 45.1 Å². The van der Waals surface area contributed by atoms with Crippen molar-refractivity contribution in [1.29, 1.82) is 0 Å². The van der Waals surface area contributed by atoms with Crippen LogP contribution >= 0.6 is 0 Å². The van der Waals surface area contributed by atoms with Gasteiger partial charge in [-0.15, -0.1) is 0 Å². The van der Waals surface area contributed by atoms with Gasteiger partial charge in [0.15, 0.2) is 17.2 Å². The minimum Gasteiger partial charge on any atom is -0.467 e. The molecule has 6 fully saturated rings. The van der Waals surface area contributed by atoms with Crippen LogP contribution in [0.25, 0.3) is 0 Å². The molecule has 7 heterocycles. The molecule has 3 unspecified atom stereocenters. The van der Waals surface area contributed by atoms with Crippen molar-refractivity contribution in [2.75, 3.05) is 13.7 Å². The highest BCUT2D eigenvalue weighted by atomic mass is 16.7. The minimum atomic E-state index is -1.73. The first-order valence-corrected chi connectivity index (χ1v) is 22.1. The van der Waals surface area contributed by atoms with Gasteiger partial charge in [0.2, 0.25) is 5.79 Å². The second-order valence-electron chi connectivity index (χ2n) is 19.1. The Labute approximate surface area is 344 Å². The number of rotatable bonds is 10. The summed E-state index contributed by atoms with van der Waals surface area (Å²) in [4.78, 5) is 12.2. The van der Waals surface area contributed by atoms with E-state index in [0.717, 1.165) is 50.7 Å². The molecule has 0 aliphatic carbocycles. The number of methoxy groups -OCH3 is 1. The van der Waals surface area contributed by atoms with Gasteiger partial charge in [0, 0.05) is 38.0 Å². The normalized spacial score (nSPS) is 44.8. The van der Waals surface area contributed by atoms with E-state index in [1.165, 1.54) is 14.0 Å². The van der Waals surface area contributed by atoms with E-state index >= 15 is 0 Å². The fourth-order valence-electron chi connectivity index (χ4n) is 10.8. The van der Waals surface area contributed by atoms with Gasteiger partial charge in [-0.05, 0) is 95.1 Å². The summed E-state index contributed by atoms with van der Waals surface area (Å²) in [6.45, 7) is 14.7. The SMILES string of the molecule is C=C1[C@@H](O)C2O[C@]3(CCC2O[C@@H]1[C@@H](O)C[C@H](C)C1O[C@@]2(CCCCO2)CC[C@H]1C)CC[C@@H](/C=C/[C@@H](C)[C@@H]1CC(C)=C[C@@]2(O[C@H](C[C@@](C)(O)C(=O)OC)CC[C@H]2O)O1)O3. The largest absolute Gasteiger partial charge is 0.467 e. The van der Waals surface area contributed by atoms with Crippen LogP contribution in [0.15, 0.2) is 36.0 Å². The molecule has 4 N–H and O–H groups in total. The van der Waals surface area contributed by atoms with Crippen LogP contribution in [0.5, 0.6) is 0 Å². The first-order chi connectivity index (χ1) is 27.5. The van der Waals surface area contributed by atoms with E-state index in [1.807, 2.05) is 19.1 Å². The molecule has 0 aromatic carbocycles. The number of carbonyl (C=O) groups is 1. The molecular weight excluding hydrogens is 748 g/mol. The molecule has 17 atom stereocenters. The summed E-state index contributed by atoms with van der Waals surface area (Å²) in [6.07, 6.45) is 9.94. The Morgan fingerprint density at radius 1 is 1.02 bits per heavy atom. The first-order valence-electron chi connectivity index (χ1n) is 22.1. The molecule has 0 aromatic rings. The summed E-state index contributed by atoms with van der Waals surface area (Å²) in [5.74, 6) is -3.15. The Morgan fingerprint density at radius 2 is 1.78 bits per heavy atom. The van der Waals surface area contributed by atoms with Gasteiger partial charge in [-0.2, -0.15) is 0 Å². The molecule has 13 nitrogen and oxygen atoms in total. The van der Waals surface area contributed by atoms with E-state index in [9.17, 15) is 25.2 Å². The summed E-state index contributed by atoms with van der Waals surface area (Å²) in [5.41, 5.74) is -0.287. The number of aliphatic hydroxyl groups excluding tert-OH is 3. The summed E-state index contributed by atoms with van der Waals surface area (Å²) in [7, 11) is 1.24. The predicted octanol–water partition coefficient (Wildman–Crippen LogP) is 5.30. The first kappa shape index (κ1) is 44.3. The van der Waals surface area contributed by atoms with Crippen molar-refractivity contribution in [1.82, 2.24) is 0 Å². The van der Waals surface area contributed by atoms with Crippen LogP contribution in [0.2, 0.25) is 0 Å². The van der Waals surface area contributed by atoms with Crippen LogP contribution in [0, 0.1) is 17.8 Å². The number of ether oxygens (including phenoxy) is 8. The maximum Gasteiger partial charge on any atom is 0.337 e. The summed E-state index contributed by atoms with van der Waals surface area (Å²) in [5, 5.41) is 45.0. The molecule has 0 amide bonds. The van der Waals surface area contributed by atoms with Gasteiger partial charge in [0.05, 0.1) is 50.3 Å². The van der Waals surface area contributed by atoms with Gasteiger partial charge in [0.25, 0.3) is 0 Å². The third-order valence-corrected chi connectivity index (χ3v) is 14.2. The average molecular weight is 819 g/mol. The lowest BCUT2D eigenvalue weighted by Crippen LogP contribution is -2.60. The lowest BCUT2D eigenvalue weighted by atomic mass is 9.79. The summed E-state index contributed by atoms with van der Waals surface area (Å²) in [6, 6.07) is 0. The topological polar surface area (TPSA) is 172 Å². The van der Waals surface area contributed by atoms with Crippen molar-refractivity contribution in [2.24, 2.45) is 17.8 Å². The van der Waals surface area contributed by atoms with Crippen molar-refractivity contribution in [2.45, 2.75) is 209 Å². The van der Waals surface area contributed by atoms with Crippen LogP contribution < -0.4 is 0 Å². The molecule has 7 rings (SSSR count). The zero-order valence-electron chi connectivity index (χ0n) is 35.5. The number of fused-ring (bicyclic) bond motifs is 1. The zero-order valence-corrected chi connectivity index (χ0v) is 35.5. The van der Waals surface area contributed by atoms with Crippen molar-refractivity contribution < 1.29 is 63.1 Å². The number of esters is 1. The Bertz CT molecular complexity index is 1520. The predicted molar refractivity (Wildman–Crippen MR) is 212 cm³/mol. The quantitative estimate of drug-likeness (QED) is 0.166. The monoisotopic (exact) mass is 818 g/mol. The molecule has 0 bridgehead atoms. The molecule has 13 heteroatoms. The number of hydrogen-bond donors (Lipinski definition) is 4. The number of carbonyl (C=O) groups excluding carboxylic acids is 1. The van der Waals surface area contributed by atoms with E-state index < -0.39 is 71.7 Å². The fourth-order valence-corrected chi connectivity index (χ4v) is 10.8. The second kappa shape index (κ2) is 17.6. The molecule has 0 radical (unpaired) electrons. The average Bonchev–Trinajstić information content (AvgIpc) is 3.59. The van der Waals surface area contributed by atoms with Crippen LogP contribution in [0.4, 0.5) is 0 Å². The maximum atomic E-state index is 12.2. The molecule has 7 aliphatic heterocycles. The fraction of sp³-hybridized carbons (Fsp3) is 0.844. The van der Waals surface area contributed by atoms with Crippen molar-refractivity contribution in [3.63, 3.8) is 0 Å². The Kier molecular flexibility index (Phi) is 13.4. The lowest BCUT2D eigenvalue weighted by Gasteiger charge is -2.50. The van der Waals surface area contributed by atoms with E-state index in [-0.39, 0.29) is 36.6 Å². The highest BCUT2D eigenvalue weighted by Crippen LogP contribution is 2.47. The number of hydrogen-bond acceptors (Lipinski definition) is 13. The van der Waals surface area contributed by atoms with Gasteiger partial charge in [0.1, 0.15) is 24.4 Å². The Hall–Kier alpha value is -1.75. The molecule has 0 aromatic heterocycles. The van der Waals surface area contributed by atoms with Gasteiger partial charge >= 0.3 is 5.97 Å². The van der Waals surface area contributed by atoms with E-state index in [4.69, 9.17) is 37.9 Å². The minimum absolute atomic E-state index is 0.0145.